The molecule has 0 N–H and O–H groups in total. The van der Waals surface area contributed by atoms with Crippen molar-refractivity contribution in [2.75, 3.05) is 6.61 Å². The van der Waals surface area contributed by atoms with Crippen LogP contribution >= 0.6 is 0 Å². The van der Waals surface area contributed by atoms with Crippen LogP contribution in [-0.2, 0) is 87.0 Å². The summed E-state index contributed by atoms with van der Waals surface area (Å²) < 4.78 is 152. The van der Waals surface area contributed by atoms with Gasteiger partial charge >= 0.3 is 72.4 Å². The largest absolute Gasteiger partial charge is 0.651 e. The number of hydrogen-bond donors (Lipinski definition) is 0. The van der Waals surface area contributed by atoms with Gasteiger partial charge in [0.15, 0.2) is 58.2 Å². The maximum absolute atomic E-state index is 7.43. The van der Waals surface area contributed by atoms with Gasteiger partial charge in [0.25, 0.3) is 0 Å². The molecule has 0 amide bonds. The fourth-order valence-corrected chi connectivity index (χ4v) is 72.0. The number of ether oxygens (including phenoxy) is 1. The van der Waals surface area contributed by atoms with Gasteiger partial charge in [-0.05, 0) is 151 Å². The highest BCUT2D eigenvalue weighted by atomic mass is 28.7. The van der Waals surface area contributed by atoms with E-state index in [0.29, 0.717) is 6.61 Å². The lowest BCUT2D eigenvalue weighted by Crippen LogP contribution is -2.93. The van der Waals surface area contributed by atoms with Crippen LogP contribution in [0.5, 0.6) is 0 Å². The van der Waals surface area contributed by atoms with Crippen LogP contribution in [0.3, 0.4) is 0 Å². The zero-order valence-electron chi connectivity index (χ0n) is 40.9. The van der Waals surface area contributed by atoms with Crippen LogP contribution in [0.25, 0.3) is 0 Å². The van der Waals surface area contributed by atoms with Crippen molar-refractivity contribution in [3.8, 4) is 0 Å². The van der Waals surface area contributed by atoms with Gasteiger partial charge in [0, 0.05) is 0 Å². The lowest BCUT2D eigenvalue weighted by Gasteiger charge is -2.60. The molecule has 7 aliphatic heterocycles. The highest BCUT2D eigenvalue weighted by Gasteiger charge is 2.92. The Bertz CT molecular complexity index is 1500. The van der Waals surface area contributed by atoms with Crippen LogP contribution in [0.2, 0.25) is 151 Å². The van der Waals surface area contributed by atoms with E-state index < -0.39 is 139 Å². The second-order valence-corrected chi connectivity index (χ2v) is 81.0. The third-order valence-corrected chi connectivity index (χ3v) is 60.7. The average molecular weight is 1160 g/mol. The minimum absolute atomic E-state index is 0.268. The Balaban J connectivity index is 1.84. The highest BCUT2D eigenvalue weighted by molar-refractivity contribution is 7.04. The number of epoxide rings is 1. The Morgan fingerprint density at radius 3 is 0.500 bits per heavy atom. The third kappa shape index (κ3) is 13.7. The van der Waals surface area contributed by atoms with Crippen molar-refractivity contribution < 1.29 is 87.0 Å². The standard InChI is InChI=1S/C25H72O21Si16/c1-47(2,3)27-55-35-56(28-48(4,5)6)38-59(31-51(13,14)15)40-57(36-55,29-49(7,8)9)42-61(33-53(19,20)21)43-58(37-55,30-50(10,11)12)41-60(39-56,32-52(16,17)18)45-62(44-59,46-61)34-54(22,23)25-24-26-25/h25H,24H2,1-23H3. The highest BCUT2D eigenvalue weighted by Crippen LogP contribution is 2.53. The van der Waals surface area contributed by atoms with Crippen LogP contribution in [-0.4, -0.2) is 151 Å². The van der Waals surface area contributed by atoms with Gasteiger partial charge in [-0.3, -0.25) is 0 Å². The number of hydrogen-bond acceptors (Lipinski definition) is 21. The Hall–Kier alpha value is 2.63. The van der Waals surface area contributed by atoms with Crippen molar-refractivity contribution in [1.29, 1.82) is 0 Å². The Labute approximate surface area is 386 Å². The normalized spacial score (nSPS) is 40.8. The summed E-state index contributed by atoms with van der Waals surface area (Å²) in [5.41, 5.74) is -0.268. The molecule has 37 heteroatoms. The molecule has 62 heavy (non-hydrogen) atoms. The molecule has 21 nitrogen and oxygen atoms in total. The third-order valence-electron chi connectivity index (χ3n) is 7.52. The smallest absolute Gasteiger partial charge is 0.396 e. The minimum atomic E-state index is -5.10. The van der Waals surface area contributed by atoms with Crippen LogP contribution in [0.15, 0.2) is 0 Å². The maximum Gasteiger partial charge on any atom is 0.651 e. The average Bonchev–Trinajstić information content (AvgIpc) is 3.66. The molecule has 0 aromatic rings. The fraction of sp³-hybridized carbons (Fsp3) is 1.00. The first-order valence-corrected chi connectivity index (χ1v) is 60.8. The lowest BCUT2D eigenvalue weighted by atomic mass is 11.0. The molecule has 0 spiro atoms. The monoisotopic (exact) mass is 1160 g/mol. The van der Waals surface area contributed by atoms with E-state index in [1.165, 1.54) is 0 Å². The number of rotatable bonds is 17. The molecule has 0 aromatic heterocycles. The van der Waals surface area contributed by atoms with Gasteiger partial charge in [-0.25, -0.2) is 0 Å². The van der Waals surface area contributed by atoms with E-state index in [9.17, 15) is 0 Å². The van der Waals surface area contributed by atoms with Gasteiger partial charge in [-0.1, -0.05) is 0 Å². The molecule has 1 atom stereocenters. The molecule has 7 aliphatic rings. The van der Waals surface area contributed by atoms with Crippen molar-refractivity contribution in [3.63, 3.8) is 0 Å². The fourth-order valence-electron chi connectivity index (χ4n) is 6.30. The molecule has 7 heterocycles. The van der Waals surface area contributed by atoms with Gasteiger partial charge in [0.05, 0.1) is 12.3 Å². The van der Waals surface area contributed by atoms with E-state index in [-0.39, 0.29) is 5.73 Å². The SMILES string of the molecule is C[Si](C)(C)O[Si]12O[Si]3(O[Si](C)(C)C)O[Si]4(O[Si](C)(C)C)O[Si](O[Si](C)(C)C)(O1)O[Si]1(O[Si](C)(C)C)O[Si](O[Si](C)(C)C)(O2)O[Si](O[Si](C)(C)C)(O3)O[Si](O[Si](C)(C)C2CO2)(O4)O1. The summed E-state index contributed by atoms with van der Waals surface area (Å²) in [7, 11) is -63.4. The van der Waals surface area contributed by atoms with Crippen molar-refractivity contribution >= 4 is 139 Å². The summed E-state index contributed by atoms with van der Waals surface area (Å²) in [6, 6.07) is 0. The van der Waals surface area contributed by atoms with E-state index in [0.717, 1.165) is 0 Å². The summed E-state index contributed by atoms with van der Waals surface area (Å²) in [6.07, 6.45) is 0. The van der Waals surface area contributed by atoms with Gasteiger partial charge in [-0.2, -0.15) is 0 Å². The molecule has 0 aromatic carbocycles. The van der Waals surface area contributed by atoms with Crippen molar-refractivity contribution in [2.24, 2.45) is 0 Å². The zero-order chi connectivity index (χ0) is 47.1. The van der Waals surface area contributed by atoms with E-state index >= 15 is 0 Å². The second-order valence-electron chi connectivity index (χ2n) is 23.3. The lowest BCUT2D eigenvalue weighted by molar-refractivity contribution is -0.129. The maximum atomic E-state index is 7.43. The van der Waals surface area contributed by atoms with Crippen LogP contribution in [0.4, 0.5) is 0 Å². The van der Waals surface area contributed by atoms with E-state index in [2.05, 4.69) is 0 Å². The summed E-state index contributed by atoms with van der Waals surface area (Å²) >= 11 is 0. The molecule has 8 bridgehead atoms. The summed E-state index contributed by atoms with van der Waals surface area (Å²) in [5, 5.41) is 0. The Morgan fingerprint density at radius 2 is 0.387 bits per heavy atom. The molecular weight excluding hydrogens is 1090 g/mol. The predicted octanol–water partition coefficient (Wildman–Crippen LogP) is 5.86. The van der Waals surface area contributed by atoms with Gasteiger partial charge in [0.2, 0.25) is 8.32 Å². The topological polar surface area (TPSA) is 197 Å². The second kappa shape index (κ2) is 16.3. The summed E-state index contributed by atoms with van der Waals surface area (Å²) in [5.74, 6) is 0. The van der Waals surface area contributed by atoms with E-state index in [1.54, 1.807) is 0 Å². The molecule has 7 rings (SSSR count). The first-order valence-electron chi connectivity index (χ1n) is 20.9. The summed E-state index contributed by atoms with van der Waals surface area (Å²) in [4.78, 5) is 0. The molecule has 7 saturated heterocycles. The molecular formula is C25H72O21Si16. The van der Waals surface area contributed by atoms with Crippen molar-refractivity contribution in [3.05, 3.63) is 0 Å². The molecule has 0 radical (unpaired) electrons. The minimum Gasteiger partial charge on any atom is -0.396 e. The molecule has 1 unspecified atom stereocenters. The molecule has 0 saturated carbocycles. The zero-order valence-corrected chi connectivity index (χ0v) is 56.9. The van der Waals surface area contributed by atoms with Crippen LogP contribution in [0, 0.1) is 0 Å². The molecule has 7 fully saturated rings. The van der Waals surface area contributed by atoms with Crippen molar-refractivity contribution in [2.45, 2.75) is 156 Å². The van der Waals surface area contributed by atoms with Crippen LogP contribution < -0.4 is 0 Å². The van der Waals surface area contributed by atoms with Crippen LogP contribution in [0.1, 0.15) is 0 Å². The van der Waals surface area contributed by atoms with E-state index in [1.807, 2.05) is 151 Å². The quantitative estimate of drug-likeness (QED) is 0.124. The van der Waals surface area contributed by atoms with Gasteiger partial charge < -0.3 is 87.0 Å². The van der Waals surface area contributed by atoms with Crippen molar-refractivity contribution in [1.82, 2.24) is 0 Å². The predicted molar refractivity (Wildman–Crippen MR) is 258 cm³/mol. The molecule has 0 aliphatic carbocycles. The van der Waals surface area contributed by atoms with Gasteiger partial charge in [-0.15, -0.1) is 0 Å². The Morgan fingerprint density at radius 1 is 0.258 bits per heavy atom. The first kappa shape index (κ1) is 54.0. The van der Waals surface area contributed by atoms with E-state index in [4.69, 9.17) is 87.0 Å². The summed E-state index contributed by atoms with van der Waals surface area (Å²) in [6.45, 7) is 45.4. The Kier molecular flexibility index (Phi) is 14.2. The molecule has 362 valence electrons. The first-order chi connectivity index (χ1) is 27.2. The van der Waals surface area contributed by atoms with Gasteiger partial charge in [0.1, 0.15) is 0 Å².